The Morgan fingerprint density at radius 3 is 2.44 bits per heavy atom. The lowest BCUT2D eigenvalue weighted by Gasteiger charge is -2.31. The lowest BCUT2D eigenvalue weighted by molar-refractivity contribution is 0.102. The number of amides is 1. The van der Waals surface area contributed by atoms with Crippen LogP contribution >= 0.6 is 11.6 Å². The van der Waals surface area contributed by atoms with Gasteiger partial charge in [0, 0.05) is 42.1 Å². The minimum atomic E-state index is -0.308. The number of fused-ring (bicyclic) bond motifs is 1. The summed E-state index contributed by atoms with van der Waals surface area (Å²) in [6.07, 6.45) is 9.82. The fourth-order valence-corrected chi connectivity index (χ4v) is 4.68. The van der Waals surface area contributed by atoms with Crippen LogP contribution in [0.15, 0.2) is 30.6 Å². The van der Waals surface area contributed by atoms with E-state index in [1.807, 2.05) is 6.07 Å². The van der Waals surface area contributed by atoms with Crippen molar-refractivity contribution in [2.45, 2.75) is 76.5 Å². The second-order valence-corrected chi connectivity index (χ2v) is 9.96. The van der Waals surface area contributed by atoms with Crippen molar-refractivity contribution >= 4 is 40.3 Å². The summed E-state index contributed by atoms with van der Waals surface area (Å²) in [5.41, 5.74) is 2.45. The quantitative estimate of drug-likeness (QED) is 0.354. The maximum absolute atomic E-state index is 13.0. The van der Waals surface area contributed by atoms with Crippen molar-refractivity contribution in [3.8, 4) is 0 Å². The van der Waals surface area contributed by atoms with Gasteiger partial charge in [0.2, 0.25) is 0 Å². The highest BCUT2D eigenvalue weighted by molar-refractivity contribution is 6.29. The SMILES string of the molecule is CC(C)N[C@H]1CC[C@H](Nc2cc(NC3CC3)c3ncc(C(=O)Nc4ccnc(Cl)c4)n3n2)CC1. The number of anilines is 3. The molecule has 0 bridgehead atoms. The third-order valence-corrected chi connectivity index (χ3v) is 6.48. The molecule has 2 fully saturated rings. The van der Waals surface area contributed by atoms with Crippen LogP contribution in [0.4, 0.5) is 17.2 Å². The smallest absolute Gasteiger partial charge is 0.276 e. The molecule has 10 heteroatoms. The molecule has 5 rings (SSSR count). The Labute approximate surface area is 204 Å². The molecule has 0 radical (unpaired) electrons. The molecule has 3 heterocycles. The summed E-state index contributed by atoms with van der Waals surface area (Å²) in [7, 11) is 0. The van der Waals surface area contributed by atoms with Gasteiger partial charge in [-0.25, -0.2) is 14.5 Å². The Balaban J connectivity index is 1.37. The van der Waals surface area contributed by atoms with Gasteiger partial charge in [0.25, 0.3) is 5.91 Å². The molecule has 2 saturated carbocycles. The molecule has 0 unspecified atom stereocenters. The molecule has 3 aromatic rings. The third kappa shape index (κ3) is 5.42. The molecule has 0 aromatic carbocycles. The average Bonchev–Trinajstić information content (AvgIpc) is 3.50. The van der Waals surface area contributed by atoms with Crippen molar-refractivity contribution in [1.29, 1.82) is 0 Å². The van der Waals surface area contributed by atoms with Gasteiger partial charge in [0.15, 0.2) is 11.3 Å². The third-order valence-electron chi connectivity index (χ3n) is 6.27. The number of imidazole rings is 1. The summed E-state index contributed by atoms with van der Waals surface area (Å²) in [5, 5.41) is 18.7. The number of carbonyl (C=O) groups excluding carboxylic acids is 1. The van der Waals surface area contributed by atoms with Crippen molar-refractivity contribution in [1.82, 2.24) is 24.9 Å². The predicted molar refractivity (Wildman–Crippen MR) is 135 cm³/mol. The Kier molecular flexibility index (Phi) is 6.56. The fourth-order valence-electron chi connectivity index (χ4n) is 4.51. The second-order valence-electron chi connectivity index (χ2n) is 9.58. The first kappa shape index (κ1) is 22.9. The van der Waals surface area contributed by atoms with Crippen LogP contribution in [0.25, 0.3) is 5.65 Å². The standard InChI is InChI=1S/C24H31ClN8O/c1-14(2)28-15-3-7-17(8-4-15)30-22-12-19(29-16-5-6-16)23-27-13-20(33(23)32-22)24(34)31-18-9-10-26-21(25)11-18/h9-17,28-29H,3-8H2,1-2H3,(H,30,32)(H,26,31,34)/t15-,17-. The molecule has 0 atom stereocenters. The van der Waals surface area contributed by atoms with Crippen molar-refractivity contribution < 1.29 is 4.79 Å². The van der Waals surface area contributed by atoms with Crippen LogP contribution < -0.4 is 21.3 Å². The first-order chi connectivity index (χ1) is 16.4. The van der Waals surface area contributed by atoms with E-state index >= 15 is 0 Å². The number of hydrogen-bond acceptors (Lipinski definition) is 7. The van der Waals surface area contributed by atoms with Crippen LogP contribution in [0.1, 0.15) is 62.9 Å². The average molecular weight is 483 g/mol. The van der Waals surface area contributed by atoms with Crippen LogP contribution in [0, 0.1) is 0 Å². The number of pyridine rings is 1. The van der Waals surface area contributed by atoms with Gasteiger partial charge >= 0.3 is 0 Å². The zero-order valence-corrected chi connectivity index (χ0v) is 20.3. The topological polar surface area (TPSA) is 108 Å². The van der Waals surface area contributed by atoms with Crippen molar-refractivity contribution in [2.75, 3.05) is 16.0 Å². The number of nitrogens with one attached hydrogen (secondary N) is 4. The highest BCUT2D eigenvalue weighted by Crippen LogP contribution is 2.30. The van der Waals surface area contributed by atoms with Crippen LogP contribution in [0.3, 0.4) is 0 Å². The molecule has 0 saturated heterocycles. The molecule has 9 nitrogen and oxygen atoms in total. The Hall–Kier alpha value is -2.91. The van der Waals surface area contributed by atoms with E-state index in [0.717, 1.165) is 50.0 Å². The lowest BCUT2D eigenvalue weighted by Crippen LogP contribution is -2.40. The van der Waals surface area contributed by atoms with Crippen molar-refractivity contribution in [2.24, 2.45) is 0 Å². The van der Waals surface area contributed by atoms with Gasteiger partial charge in [-0.15, -0.1) is 5.10 Å². The first-order valence-electron chi connectivity index (χ1n) is 12.1. The lowest BCUT2D eigenvalue weighted by atomic mass is 9.91. The summed E-state index contributed by atoms with van der Waals surface area (Å²) in [6.45, 7) is 4.39. The number of carbonyl (C=O) groups is 1. The molecular weight excluding hydrogens is 452 g/mol. The monoisotopic (exact) mass is 482 g/mol. The van der Waals surface area contributed by atoms with E-state index < -0.39 is 0 Å². The maximum atomic E-state index is 13.0. The molecule has 4 N–H and O–H groups in total. The molecule has 2 aliphatic carbocycles. The van der Waals surface area contributed by atoms with Crippen LogP contribution in [-0.2, 0) is 0 Å². The van der Waals surface area contributed by atoms with E-state index in [2.05, 4.69) is 45.1 Å². The summed E-state index contributed by atoms with van der Waals surface area (Å²) in [6, 6.07) is 7.19. The molecule has 2 aliphatic rings. The van der Waals surface area contributed by atoms with Crippen molar-refractivity contribution in [3.63, 3.8) is 0 Å². The normalized spacial score (nSPS) is 20.5. The Morgan fingerprint density at radius 1 is 1.03 bits per heavy atom. The molecular formula is C24H31ClN8O. The zero-order chi connectivity index (χ0) is 23.7. The van der Waals surface area contributed by atoms with Gasteiger partial charge in [-0.2, -0.15) is 0 Å². The number of halogens is 1. The molecule has 34 heavy (non-hydrogen) atoms. The van der Waals surface area contributed by atoms with Crippen LogP contribution in [0.2, 0.25) is 5.15 Å². The fraction of sp³-hybridized carbons (Fsp3) is 0.500. The summed E-state index contributed by atoms with van der Waals surface area (Å²) < 4.78 is 1.62. The highest BCUT2D eigenvalue weighted by Gasteiger charge is 2.26. The van der Waals surface area contributed by atoms with Crippen molar-refractivity contribution in [3.05, 3.63) is 41.4 Å². The second kappa shape index (κ2) is 9.76. The Morgan fingerprint density at radius 2 is 1.74 bits per heavy atom. The van der Waals surface area contributed by atoms with E-state index in [0.29, 0.717) is 46.3 Å². The maximum Gasteiger partial charge on any atom is 0.276 e. The van der Waals surface area contributed by atoms with Gasteiger partial charge in [-0.3, -0.25) is 4.79 Å². The van der Waals surface area contributed by atoms with Gasteiger partial charge in [-0.05, 0) is 50.7 Å². The molecule has 180 valence electrons. The zero-order valence-electron chi connectivity index (χ0n) is 19.5. The Bertz CT molecular complexity index is 1170. The highest BCUT2D eigenvalue weighted by atomic mass is 35.5. The van der Waals surface area contributed by atoms with Crippen LogP contribution in [0.5, 0.6) is 0 Å². The summed E-state index contributed by atoms with van der Waals surface area (Å²) in [5.74, 6) is 0.437. The first-order valence-corrected chi connectivity index (χ1v) is 12.4. The van der Waals surface area contributed by atoms with E-state index in [-0.39, 0.29) is 5.91 Å². The minimum absolute atomic E-state index is 0.308. The molecule has 3 aromatic heterocycles. The number of aromatic nitrogens is 4. The van der Waals surface area contributed by atoms with Gasteiger partial charge in [0.1, 0.15) is 11.0 Å². The summed E-state index contributed by atoms with van der Waals surface area (Å²) >= 11 is 5.96. The van der Waals surface area contributed by atoms with Crippen LogP contribution in [-0.4, -0.2) is 49.7 Å². The molecule has 1 amide bonds. The van der Waals surface area contributed by atoms with Gasteiger partial charge in [-0.1, -0.05) is 25.4 Å². The number of nitrogens with zero attached hydrogens (tertiary/aromatic N) is 4. The van der Waals surface area contributed by atoms with Gasteiger partial charge < -0.3 is 21.3 Å². The van der Waals surface area contributed by atoms with E-state index in [1.54, 1.807) is 29.0 Å². The predicted octanol–water partition coefficient (Wildman–Crippen LogP) is 4.33. The number of rotatable bonds is 8. The van der Waals surface area contributed by atoms with E-state index in [4.69, 9.17) is 16.7 Å². The molecule has 0 aliphatic heterocycles. The van der Waals surface area contributed by atoms with Gasteiger partial charge in [0.05, 0.1) is 11.9 Å². The number of hydrogen-bond donors (Lipinski definition) is 4. The largest absolute Gasteiger partial charge is 0.379 e. The van der Waals surface area contributed by atoms with E-state index in [1.165, 1.54) is 0 Å². The minimum Gasteiger partial charge on any atom is -0.379 e. The van der Waals surface area contributed by atoms with E-state index in [9.17, 15) is 4.79 Å². The molecule has 0 spiro atoms. The summed E-state index contributed by atoms with van der Waals surface area (Å²) in [4.78, 5) is 21.5.